The molecule has 1 aliphatic rings. The first-order chi connectivity index (χ1) is 23.8. The maximum absolute atomic E-state index is 14.6. The van der Waals surface area contributed by atoms with Crippen LogP contribution in [0, 0.1) is 6.92 Å². The molecule has 0 fully saturated rings. The summed E-state index contributed by atoms with van der Waals surface area (Å²) in [6, 6.07) is 17.8. The molecule has 0 unspecified atom stereocenters. The molecule has 0 spiro atoms. The van der Waals surface area contributed by atoms with Crippen LogP contribution in [0.1, 0.15) is 87.6 Å². The second kappa shape index (κ2) is 14.9. The number of unbranched alkanes of at least 4 members (excludes halogenated alkanes) is 2. The third-order valence-corrected chi connectivity index (χ3v) is 9.16. The zero-order valence-electron chi connectivity index (χ0n) is 28.3. The highest BCUT2D eigenvalue weighted by molar-refractivity contribution is 6.09. The quantitative estimate of drug-likeness (QED) is 0.177. The number of aliphatic hydroxyl groups excluding tert-OH is 1. The Morgan fingerprint density at radius 1 is 0.939 bits per heavy atom. The molecule has 2 aromatic carbocycles. The van der Waals surface area contributed by atoms with E-state index in [4.69, 9.17) is 5.10 Å². The van der Waals surface area contributed by atoms with Crippen LogP contribution in [0.2, 0.25) is 0 Å². The lowest BCUT2D eigenvalue weighted by Crippen LogP contribution is -2.46. The Labute approximate surface area is 286 Å². The van der Waals surface area contributed by atoms with E-state index >= 15 is 0 Å². The maximum Gasteiger partial charge on any atom is 0.274 e. The first kappa shape index (κ1) is 33.6. The van der Waals surface area contributed by atoms with Crippen LogP contribution in [0.5, 0.6) is 0 Å². The van der Waals surface area contributed by atoms with Crippen LogP contribution < -0.4 is 5.32 Å². The van der Waals surface area contributed by atoms with E-state index in [1.807, 2.05) is 42.3 Å². The van der Waals surface area contributed by atoms with E-state index < -0.39 is 6.04 Å². The van der Waals surface area contributed by atoms with Crippen molar-refractivity contribution < 1.29 is 19.5 Å². The van der Waals surface area contributed by atoms with Gasteiger partial charge in [0.15, 0.2) is 5.69 Å². The van der Waals surface area contributed by atoms with Crippen LogP contribution in [0.25, 0.3) is 11.3 Å². The minimum Gasteiger partial charge on any atom is -0.394 e. The number of fused-ring (bicyclic) bond motifs is 2. The molecular formula is C38H43N7O4. The molecule has 5 aromatic rings. The third kappa shape index (κ3) is 6.98. The van der Waals surface area contributed by atoms with Gasteiger partial charge in [0.1, 0.15) is 5.65 Å². The normalized spacial score (nSPS) is 14.1. The van der Waals surface area contributed by atoms with Crippen LogP contribution in [0.3, 0.4) is 0 Å². The number of amides is 3. The van der Waals surface area contributed by atoms with E-state index in [9.17, 15) is 19.5 Å². The summed E-state index contributed by atoms with van der Waals surface area (Å²) in [5.74, 6) is -0.817. The molecule has 1 atom stereocenters. The highest BCUT2D eigenvalue weighted by Gasteiger charge is 2.32. The fourth-order valence-electron chi connectivity index (χ4n) is 6.43. The number of carbonyl (C=O) groups excluding carboxylic acids is 3. The molecule has 3 amide bonds. The Morgan fingerprint density at radius 2 is 1.69 bits per heavy atom. The first-order valence-electron chi connectivity index (χ1n) is 17.0. The smallest absolute Gasteiger partial charge is 0.274 e. The summed E-state index contributed by atoms with van der Waals surface area (Å²) >= 11 is 0. The summed E-state index contributed by atoms with van der Waals surface area (Å²) in [6.07, 6.45) is 9.49. The van der Waals surface area contributed by atoms with Gasteiger partial charge in [-0.15, -0.1) is 0 Å². The van der Waals surface area contributed by atoms with Gasteiger partial charge in [-0.3, -0.25) is 14.4 Å². The van der Waals surface area contributed by atoms with E-state index in [1.54, 1.807) is 62.8 Å². The molecule has 3 aromatic heterocycles. The van der Waals surface area contributed by atoms with E-state index in [0.29, 0.717) is 60.0 Å². The van der Waals surface area contributed by atoms with Crippen molar-refractivity contribution >= 4 is 29.1 Å². The third-order valence-electron chi connectivity index (χ3n) is 9.16. The Bertz CT molecular complexity index is 1970. The maximum atomic E-state index is 14.6. The molecule has 0 bridgehead atoms. The lowest BCUT2D eigenvalue weighted by atomic mass is 9.93. The number of hydrogen-bond donors (Lipinski definition) is 2. The summed E-state index contributed by atoms with van der Waals surface area (Å²) in [7, 11) is 0. The lowest BCUT2D eigenvalue weighted by Gasteiger charge is -2.36. The van der Waals surface area contributed by atoms with Gasteiger partial charge in [0.05, 0.1) is 29.5 Å². The molecular weight excluding hydrogens is 618 g/mol. The molecule has 6 rings (SSSR count). The van der Waals surface area contributed by atoms with Gasteiger partial charge in [0, 0.05) is 49.6 Å². The number of nitrogens with one attached hydrogen (secondary N) is 1. The molecule has 0 radical (unpaired) electrons. The number of aryl methyl sites for hydroxylation is 1. The average Bonchev–Trinajstić information content (AvgIpc) is 3.74. The molecule has 0 saturated carbocycles. The number of aromatic nitrogens is 4. The molecule has 11 nitrogen and oxygen atoms in total. The van der Waals surface area contributed by atoms with E-state index in [0.717, 1.165) is 36.8 Å². The van der Waals surface area contributed by atoms with Crippen molar-refractivity contribution in [1.82, 2.24) is 29.0 Å². The lowest BCUT2D eigenvalue weighted by molar-refractivity contribution is 0.0544. The summed E-state index contributed by atoms with van der Waals surface area (Å²) in [5.41, 5.74) is 5.20. The molecule has 49 heavy (non-hydrogen) atoms. The van der Waals surface area contributed by atoms with Gasteiger partial charge in [-0.25, -0.2) is 9.67 Å². The van der Waals surface area contributed by atoms with Crippen LogP contribution in [0.15, 0.2) is 79.3 Å². The zero-order chi connectivity index (χ0) is 34.5. The Balaban J connectivity index is 1.38. The number of benzene rings is 2. The van der Waals surface area contributed by atoms with Crippen molar-refractivity contribution in [2.75, 3.05) is 25.0 Å². The number of nitrogens with zero attached hydrogens (tertiary/aromatic N) is 6. The first-order valence-corrected chi connectivity index (χ1v) is 17.0. The summed E-state index contributed by atoms with van der Waals surface area (Å²) in [5, 5.41) is 18.1. The average molecular weight is 662 g/mol. The topological polar surface area (TPSA) is 125 Å². The van der Waals surface area contributed by atoms with Crippen molar-refractivity contribution in [3.05, 3.63) is 113 Å². The summed E-state index contributed by atoms with van der Waals surface area (Å²) in [6.45, 7) is 7.50. The van der Waals surface area contributed by atoms with Gasteiger partial charge in [-0.05, 0) is 73.7 Å². The van der Waals surface area contributed by atoms with Crippen LogP contribution in [-0.2, 0) is 13.0 Å². The minimum absolute atomic E-state index is 0.137. The standard InChI is InChI=1S/C38H43N7O4/c1-4-6-17-43(18-7-5-2)38(49)33-21-26(3)45(41-33)34-14-13-29(40-36(47)31-15-20-42-19-10-16-39-35(31)42)23-32(34)37(48)44-24-28-12-9-8-11-27(28)22-30(44)25-46/h8-16,19-21,23,30,46H,4-7,17-18,22,24-25H2,1-3H3,(H,40,47)/t30-/m0/s1. The van der Waals surface area contributed by atoms with Crippen molar-refractivity contribution in [2.45, 2.75) is 65.5 Å². The van der Waals surface area contributed by atoms with Gasteiger partial charge in [-0.2, -0.15) is 5.10 Å². The van der Waals surface area contributed by atoms with Gasteiger partial charge in [0.2, 0.25) is 0 Å². The van der Waals surface area contributed by atoms with Crippen LogP contribution in [-0.4, -0.2) is 77.5 Å². The van der Waals surface area contributed by atoms with E-state index in [2.05, 4.69) is 24.1 Å². The van der Waals surface area contributed by atoms with E-state index in [-0.39, 0.29) is 29.9 Å². The van der Waals surface area contributed by atoms with Crippen LogP contribution >= 0.6 is 0 Å². The minimum atomic E-state index is -0.436. The van der Waals surface area contributed by atoms with Gasteiger partial charge in [-0.1, -0.05) is 51.0 Å². The highest BCUT2D eigenvalue weighted by atomic mass is 16.3. The predicted octanol–water partition coefficient (Wildman–Crippen LogP) is 5.68. The van der Waals surface area contributed by atoms with Gasteiger partial charge >= 0.3 is 0 Å². The zero-order valence-corrected chi connectivity index (χ0v) is 28.3. The van der Waals surface area contributed by atoms with Crippen molar-refractivity contribution in [2.24, 2.45) is 0 Å². The number of anilines is 1. The van der Waals surface area contributed by atoms with Crippen molar-refractivity contribution in [3.63, 3.8) is 0 Å². The fourth-order valence-corrected chi connectivity index (χ4v) is 6.43. The molecule has 254 valence electrons. The monoisotopic (exact) mass is 661 g/mol. The van der Waals surface area contributed by atoms with Crippen molar-refractivity contribution in [1.29, 1.82) is 0 Å². The molecule has 1 aliphatic heterocycles. The fraction of sp³-hybridized carbons (Fsp3) is 0.342. The number of hydrogen-bond acceptors (Lipinski definition) is 6. The SMILES string of the molecule is CCCCN(CCCC)C(=O)c1cc(C)n(-c2ccc(NC(=O)c3ccn4cccnc34)cc2C(=O)N2Cc3ccccc3C[C@H]2CO)n1. The Hall–Kier alpha value is -5.29. The Morgan fingerprint density at radius 3 is 2.43 bits per heavy atom. The summed E-state index contributed by atoms with van der Waals surface area (Å²) in [4.78, 5) is 49.6. The molecule has 0 saturated heterocycles. The summed E-state index contributed by atoms with van der Waals surface area (Å²) < 4.78 is 3.39. The number of rotatable bonds is 12. The highest BCUT2D eigenvalue weighted by Crippen LogP contribution is 2.29. The van der Waals surface area contributed by atoms with Crippen LogP contribution in [0.4, 0.5) is 5.69 Å². The molecule has 11 heteroatoms. The number of aliphatic hydroxyl groups is 1. The Kier molecular flexibility index (Phi) is 10.2. The number of carbonyl (C=O) groups is 3. The molecule has 0 aliphatic carbocycles. The predicted molar refractivity (Wildman–Crippen MR) is 188 cm³/mol. The van der Waals surface area contributed by atoms with E-state index in [1.165, 1.54) is 0 Å². The second-order valence-electron chi connectivity index (χ2n) is 12.6. The molecule has 2 N–H and O–H groups in total. The van der Waals surface area contributed by atoms with Gasteiger partial charge < -0.3 is 24.6 Å². The largest absolute Gasteiger partial charge is 0.394 e. The van der Waals surface area contributed by atoms with Crippen molar-refractivity contribution in [3.8, 4) is 5.69 Å². The molecule has 4 heterocycles. The van der Waals surface area contributed by atoms with Gasteiger partial charge in [0.25, 0.3) is 17.7 Å². The second-order valence-corrected chi connectivity index (χ2v) is 12.6.